The first-order valence-electron chi connectivity index (χ1n) is 10.1. The van der Waals surface area contributed by atoms with Crippen molar-refractivity contribution in [3.05, 3.63) is 82.2 Å². The number of hydrogen-bond acceptors (Lipinski definition) is 6. The summed E-state index contributed by atoms with van der Waals surface area (Å²) in [5, 5.41) is 6.12. The standard InChI is InChI=1S/C25H20N4OS2/c1-14-8-10-16(11-9-14)18-12-19(17-6-4-3-5-7-17)28-24-20(18)21(26)22(32-24)23(30)29-25-27-15(2)13-31-25/h3-13H,26H2,1-2H3,(H,27,29,30). The fraction of sp³-hybridized carbons (Fsp3) is 0.0800. The first kappa shape index (κ1) is 20.4. The predicted molar refractivity (Wildman–Crippen MR) is 134 cm³/mol. The molecule has 0 radical (unpaired) electrons. The lowest BCUT2D eigenvalue weighted by Crippen LogP contribution is -2.11. The Labute approximate surface area is 193 Å². The number of thiazole rings is 1. The molecule has 0 aliphatic rings. The van der Waals surface area contributed by atoms with Gasteiger partial charge in [-0.05, 0) is 31.0 Å². The molecule has 7 heteroatoms. The number of thiophene rings is 1. The highest BCUT2D eigenvalue weighted by Crippen LogP contribution is 2.41. The molecule has 0 saturated carbocycles. The number of nitrogens with one attached hydrogen (secondary N) is 1. The van der Waals surface area contributed by atoms with Gasteiger partial charge >= 0.3 is 0 Å². The van der Waals surface area contributed by atoms with E-state index in [9.17, 15) is 4.79 Å². The van der Waals surface area contributed by atoms with E-state index < -0.39 is 0 Å². The highest BCUT2D eigenvalue weighted by Gasteiger charge is 2.22. The molecule has 2 aromatic carbocycles. The molecule has 0 aliphatic carbocycles. The Hall–Kier alpha value is -3.55. The van der Waals surface area contributed by atoms with E-state index in [-0.39, 0.29) is 5.91 Å². The third-order valence-electron chi connectivity index (χ3n) is 5.18. The summed E-state index contributed by atoms with van der Waals surface area (Å²) in [6.45, 7) is 3.95. The predicted octanol–water partition coefficient (Wildman–Crippen LogP) is 6.54. The molecule has 5 rings (SSSR count). The first-order chi connectivity index (χ1) is 15.5. The number of anilines is 2. The van der Waals surface area contributed by atoms with Crippen molar-refractivity contribution in [2.75, 3.05) is 11.1 Å². The van der Waals surface area contributed by atoms with Crippen LogP contribution in [0.2, 0.25) is 0 Å². The van der Waals surface area contributed by atoms with Gasteiger partial charge in [0.05, 0.1) is 17.1 Å². The molecular weight excluding hydrogens is 436 g/mol. The zero-order valence-corrected chi connectivity index (χ0v) is 19.2. The van der Waals surface area contributed by atoms with Gasteiger partial charge in [-0.25, -0.2) is 9.97 Å². The molecule has 0 unspecified atom stereocenters. The number of carbonyl (C=O) groups excluding carboxylic acids is 1. The minimum atomic E-state index is -0.268. The van der Waals surface area contributed by atoms with E-state index in [2.05, 4.69) is 47.6 Å². The van der Waals surface area contributed by atoms with Gasteiger partial charge in [0.2, 0.25) is 0 Å². The lowest BCUT2D eigenvalue weighted by Gasteiger charge is -2.09. The van der Waals surface area contributed by atoms with Crippen LogP contribution in [0.4, 0.5) is 10.8 Å². The maximum Gasteiger partial charge on any atom is 0.269 e. The van der Waals surface area contributed by atoms with Gasteiger partial charge in [0, 0.05) is 16.3 Å². The summed E-state index contributed by atoms with van der Waals surface area (Å²) < 4.78 is 0. The Morgan fingerprint density at radius 1 is 0.969 bits per heavy atom. The number of nitrogen functional groups attached to an aromatic ring is 1. The molecule has 0 spiro atoms. The normalized spacial score (nSPS) is 11.1. The Balaban J connectivity index is 1.68. The Kier molecular flexibility index (Phi) is 5.20. The molecule has 3 N–H and O–H groups in total. The second-order valence-corrected chi connectivity index (χ2v) is 9.42. The molecular formula is C25H20N4OS2. The van der Waals surface area contributed by atoms with Gasteiger partial charge in [0.25, 0.3) is 5.91 Å². The fourth-order valence-electron chi connectivity index (χ4n) is 3.57. The minimum absolute atomic E-state index is 0.268. The number of hydrogen-bond donors (Lipinski definition) is 2. The lowest BCUT2D eigenvalue weighted by atomic mass is 9.99. The van der Waals surface area contributed by atoms with E-state index >= 15 is 0 Å². The van der Waals surface area contributed by atoms with E-state index in [0.717, 1.165) is 38.3 Å². The van der Waals surface area contributed by atoms with Crippen molar-refractivity contribution < 1.29 is 4.79 Å². The molecule has 3 heterocycles. The summed E-state index contributed by atoms with van der Waals surface area (Å²) >= 11 is 2.70. The Morgan fingerprint density at radius 3 is 2.41 bits per heavy atom. The largest absolute Gasteiger partial charge is 0.397 e. The number of pyridine rings is 1. The fourth-order valence-corrected chi connectivity index (χ4v) is 5.27. The van der Waals surface area contributed by atoms with E-state index in [4.69, 9.17) is 10.7 Å². The van der Waals surface area contributed by atoms with Crippen LogP contribution in [-0.2, 0) is 0 Å². The van der Waals surface area contributed by atoms with Gasteiger partial charge in [0.15, 0.2) is 5.13 Å². The van der Waals surface area contributed by atoms with Crippen LogP contribution in [0.15, 0.2) is 66.0 Å². The molecule has 0 saturated heterocycles. The number of aromatic nitrogens is 2. The number of benzene rings is 2. The quantitative estimate of drug-likeness (QED) is 0.322. The summed E-state index contributed by atoms with van der Waals surface area (Å²) in [5.74, 6) is -0.268. The molecule has 0 atom stereocenters. The van der Waals surface area contributed by atoms with E-state index in [1.165, 1.54) is 28.2 Å². The average molecular weight is 457 g/mol. The summed E-state index contributed by atoms with van der Waals surface area (Å²) in [4.78, 5) is 23.4. The van der Waals surface area contributed by atoms with Crippen LogP contribution >= 0.6 is 22.7 Å². The summed E-state index contributed by atoms with van der Waals surface area (Å²) in [6, 6.07) is 20.4. The van der Waals surface area contributed by atoms with Gasteiger partial charge in [-0.15, -0.1) is 22.7 Å². The topological polar surface area (TPSA) is 80.9 Å². The molecule has 0 fully saturated rings. The van der Waals surface area contributed by atoms with Crippen molar-refractivity contribution in [1.29, 1.82) is 0 Å². The molecule has 0 aliphatic heterocycles. The van der Waals surface area contributed by atoms with Crippen LogP contribution in [0.25, 0.3) is 32.6 Å². The van der Waals surface area contributed by atoms with Crippen molar-refractivity contribution in [3.8, 4) is 22.4 Å². The first-order valence-corrected chi connectivity index (χ1v) is 11.8. The van der Waals surface area contributed by atoms with Crippen molar-refractivity contribution >= 4 is 49.6 Å². The van der Waals surface area contributed by atoms with Crippen LogP contribution in [0.1, 0.15) is 20.9 Å². The van der Waals surface area contributed by atoms with Crippen molar-refractivity contribution in [2.45, 2.75) is 13.8 Å². The highest BCUT2D eigenvalue weighted by molar-refractivity contribution is 7.21. The van der Waals surface area contributed by atoms with Gasteiger partial charge in [-0.2, -0.15) is 0 Å². The lowest BCUT2D eigenvalue weighted by molar-refractivity contribution is 0.103. The Bertz CT molecular complexity index is 1440. The molecule has 1 amide bonds. The van der Waals surface area contributed by atoms with Gasteiger partial charge in [0.1, 0.15) is 9.71 Å². The second kappa shape index (κ2) is 8.18. The van der Waals surface area contributed by atoms with Gasteiger partial charge in [-0.1, -0.05) is 60.2 Å². The number of nitrogens with zero attached hydrogens (tertiary/aromatic N) is 2. The molecule has 3 aromatic heterocycles. The monoisotopic (exact) mass is 456 g/mol. The van der Waals surface area contributed by atoms with E-state index in [1.807, 2.05) is 42.6 Å². The minimum Gasteiger partial charge on any atom is -0.397 e. The number of rotatable bonds is 4. The van der Waals surface area contributed by atoms with Crippen LogP contribution in [-0.4, -0.2) is 15.9 Å². The average Bonchev–Trinajstić information content (AvgIpc) is 3.37. The molecule has 158 valence electrons. The molecule has 32 heavy (non-hydrogen) atoms. The summed E-state index contributed by atoms with van der Waals surface area (Å²) in [6.07, 6.45) is 0. The summed E-state index contributed by atoms with van der Waals surface area (Å²) in [7, 11) is 0. The number of aryl methyl sites for hydroxylation is 2. The van der Waals surface area contributed by atoms with E-state index in [1.54, 1.807) is 0 Å². The zero-order valence-electron chi connectivity index (χ0n) is 17.5. The number of fused-ring (bicyclic) bond motifs is 1. The molecule has 5 nitrogen and oxygen atoms in total. The number of amides is 1. The zero-order chi connectivity index (χ0) is 22.2. The second-order valence-electron chi connectivity index (χ2n) is 7.56. The van der Waals surface area contributed by atoms with Crippen LogP contribution in [0.5, 0.6) is 0 Å². The van der Waals surface area contributed by atoms with Crippen molar-refractivity contribution in [3.63, 3.8) is 0 Å². The van der Waals surface area contributed by atoms with Crippen LogP contribution in [0, 0.1) is 13.8 Å². The smallest absolute Gasteiger partial charge is 0.269 e. The van der Waals surface area contributed by atoms with E-state index in [0.29, 0.717) is 15.7 Å². The number of carbonyl (C=O) groups is 1. The van der Waals surface area contributed by atoms with Crippen LogP contribution < -0.4 is 11.1 Å². The van der Waals surface area contributed by atoms with Crippen molar-refractivity contribution in [1.82, 2.24) is 9.97 Å². The molecule has 5 aromatic rings. The van der Waals surface area contributed by atoms with Gasteiger partial charge < -0.3 is 5.73 Å². The number of nitrogens with two attached hydrogens (primary N) is 1. The van der Waals surface area contributed by atoms with Crippen molar-refractivity contribution in [2.24, 2.45) is 0 Å². The summed E-state index contributed by atoms with van der Waals surface area (Å²) in [5.41, 5.74) is 12.9. The molecule has 0 bridgehead atoms. The van der Waals surface area contributed by atoms with Crippen LogP contribution in [0.3, 0.4) is 0 Å². The Morgan fingerprint density at radius 2 is 1.72 bits per heavy atom. The maximum absolute atomic E-state index is 13.0. The SMILES string of the molecule is Cc1ccc(-c2cc(-c3ccccc3)nc3sc(C(=O)Nc4nc(C)cs4)c(N)c23)cc1. The van der Waals surface area contributed by atoms with Gasteiger partial charge in [-0.3, -0.25) is 10.1 Å². The maximum atomic E-state index is 13.0. The third-order valence-corrected chi connectivity index (χ3v) is 7.15. The third kappa shape index (κ3) is 3.77. The highest BCUT2D eigenvalue weighted by atomic mass is 32.1.